The summed E-state index contributed by atoms with van der Waals surface area (Å²) in [5.74, 6) is -0.128. The molecule has 1 aliphatic carbocycles. The molecule has 2 aliphatic heterocycles. The largest absolute Gasteiger partial charge is 0.342 e. The number of para-hydroxylation sites is 1. The van der Waals surface area contributed by atoms with Gasteiger partial charge in [-0.2, -0.15) is 0 Å². The van der Waals surface area contributed by atoms with Crippen LogP contribution in [0.5, 0.6) is 0 Å². The van der Waals surface area contributed by atoms with Gasteiger partial charge in [0.25, 0.3) is 0 Å². The van der Waals surface area contributed by atoms with E-state index in [1.807, 2.05) is 24.4 Å². The molecule has 0 spiro atoms. The smallest absolute Gasteiger partial charge is 0.194 e. The first-order valence-corrected chi connectivity index (χ1v) is 9.78. The van der Waals surface area contributed by atoms with Crippen molar-refractivity contribution >= 4 is 17.8 Å². The van der Waals surface area contributed by atoms with Crippen LogP contribution in [0, 0.1) is 0 Å². The minimum atomic E-state index is -0.0641. The van der Waals surface area contributed by atoms with Gasteiger partial charge in [-0.15, -0.1) is 0 Å². The zero-order valence-electron chi connectivity index (χ0n) is 16.2. The molecule has 0 radical (unpaired) electrons. The van der Waals surface area contributed by atoms with Gasteiger partial charge in [-0.3, -0.25) is 14.6 Å². The zero-order valence-corrected chi connectivity index (χ0v) is 16.2. The number of hydrogen-bond donors (Lipinski definition) is 0. The molecule has 4 nitrogen and oxygen atoms in total. The highest BCUT2D eigenvalue weighted by Gasteiger charge is 2.28. The highest BCUT2D eigenvalue weighted by molar-refractivity contribution is 6.28. The summed E-state index contributed by atoms with van der Waals surface area (Å²) < 4.78 is 0. The fourth-order valence-corrected chi connectivity index (χ4v) is 3.80. The highest BCUT2D eigenvalue weighted by Crippen LogP contribution is 2.26. The second-order valence-electron chi connectivity index (χ2n) is 7.18. The van der Waals surface area contributed by atoms with Crippen LogP contribution >= 0.6 is 0 Å². The third-order valence-corrected chi connectivity index (χ3v) is 5.32. The van der Waals surface area contributed by atoms with E-state index in [0.717, 1.165) is 11.9 Å². The van der Waals surface area contributed by atoms with Crippen LogP contribution in [0.25, 0.3) is 6.20 Å². The van der Waals surface area contributed by atoms with Gasteiger partial charge in [-0.05, 0) is 12.1 Å². The van der Waals surface area contributed by atoms with Crippen molar-refractivity contribution in [1.29, 1.82) is 0 Å². The van der Waals surface area contributed by atoms with E-state index in [4.69, 9.17) is 0 Å². The lowest BCUT2D eigenvalue weighted by molar-refractivity contribution is 0.0979. The van der Waals surface area contributed by atoms with E-state index in [2.05, 4.69) is 34.3 Å². The molecule has 3 aromatic rings. The highest BCUT2D eigenvalue weighted by atomic mass is 16.1. The topological polar surface area (TPSA) is 49.7 Å². The first-order chi connectivity index (χ1) is 14.7. The summed E-state index contributed by atoms with van der Waals surface area (Å²) >= 11 is 0. The summed E-state index contributed by atoms with van der Waals surface area (Å²) in [5, 5.41) is 2.23. The predicted octanol–water partition coefficient (Wildman–Crippen LogP) is 3.23. The number of benzene rings is 3. The van der Waals surface area contributed by atoms with Crippen LogP contribution in [0.2, 0.25) is 0 Å². The van der Waals surface area contributed by atoms with Crippen LogP contribution < -0.4 is 10.6 Å². The summed E-state index contributed by atoms with van der Waals surface area (Å²) in [6, 6.07) is 22.1. The summed E-state index contributed by atoms with van der Waals surface area (Å²) in [6.07, 6.45) is 8.32. The number of carbonyl (C=O) groups is 2. The van der Waals surface area contributed by atoms with Crippen molar-refractivity contribution in [2.24, 2.45) is 4.99 Å². The number of rotatable bonds is 0. The summed E-state index contributed by atoms with van der Waals surface area (Å²) in [5.41, 5.74) is 3.19. The van der Waals surface area contributed by atoms with Gasteiger partial charge in [-0.25, -0.2) is 0 Å². The molecule has 0 fully saturated rings. The minimum absolute atomic E-state index is 0.0641. The Labute approximate surface area is 173 Å². The summed E-state index contributed by atoms with van der Waals surface area (Å²) in [7, 11) is 0. The van der Waals surface area contributed by atoms with Crippen LogP contribution in [0.1, 0.15) is 31.8 Å². The lowest BCUT2D eigenvalue weighted by atomic mass is 9.84. The molecule has 3 aromatic carbocycles. The third-order valence-electron chi connectivity index (χ3n) is 5.32. The second kappa shape index (κ2) is 7.41. The molecule has 2 heterocycles. The molecule has 0 saturated carbocycles. The molecule has 0 amide bonds. The Kier molecular flexibility index (Phi) is 4.45. The Bertz CT molecular complexity index is 1260. The van der Waals surface area contributed by atoms with E-state index in [1.165, 1.54) is 10.9 Å². The van der Waals surface area contributed by atoms with Crippen molar-refractivity contribution in [3.8, 4) is 0 Å². The lowest BCUT2D eigenvalue weighted by Gasteiger charge is -2.16. The number of ketones is 2. The van der Waals surface area contributed by atoms with Gasteiger partial charge in [0.2, 0.25) is 0 Å². The van der Waals surface area contributed by atoms with Gasteiger partial charge in [0.1, 0.15) is 0 Å². The van der Waals surface area contributed by atoms with Crippen molar-refractivity contribution in [3.63, 3.8) is 0 Å². The molecule has 0 unspecified atom stereocenters. The lowest BCUT2D eigenvalue weighted by Crippen LogP contribution is -2.26. The van der Waals surface area contributed by atoms with Gasteiger partial charge >= 0.3 is 0 Å². The number of allylic oxidation sites excluding steroid dienone is 1. The molecular formula is C26H18N2O2. The predicted molar refractivity (Wildman–Crippen MR) is 115 cm³/mol. The van der Waals surface area contributed by atoms with Crippen LogP contribution in [-0.4, -0.2) is 23.0 Å². The third kappa shape index (κ3) is 3.08. The molecule has 0 bridgehead atoms. The van der Waals surface area contributed by atoms with Crippen molar-refractivity contribution in [1.82, 2.24) is 4.90 Å². The number of nitrogens with zero attached hydrogens (tertiary/aromatic N) is 2. The molecule has 0 aromatic heterocycles. The summed E-state index contributed by atoms with van der Waals surface area (Å²) in [6.45, 7) is 0.954. The monoisotopic (exact) mass is 390 g/mol. The van der Waals surface area contributed by atoms with E-state index in [9.17, 15) is 9.59 Å². The number of carbonyl (C=O) groups excluding carboxylic acids is 2. The average molecular weight is 390 g/mol. The molecule has 4 heteroatoms. The van der Waals surface area contributed by atoms with Gasteiger partial charge < -0.3 is 4.90 Å². The number of fused-ring (bicyclic) bond motifs is 4. The Hall–Kier alpha value is -4.05. The average Bonchev–Trinajstić information content (AvgIpc) is 3.16. The second-order valence-corrected chi connectivity index (χ2v) is 7.18. The maximum Gasteiger partial charge on any atom is 0.194 e. The zero-order chi connectivity index (χ0) is 20.5. The molecule has 3 aliphatic rings. The maximum atomic E-state index is 12.1. The van der Waals surface area contributed by atoms with Crippen molar-refractivity contribution in [2.75, 3.05) is 6.54 Å². The maximum absolute atomic E-state index is 12.1. The first-order valence-electron chi connectivity index (χ1n) is 9.78. The van der Waals surface area contributed by atoms with E-state index in [0.29, 0.717) is 22.3 Å². The molecule has 144 valence electrons. The fourth-order valence-electron chi connectivity index (χ4n) is 3.80. The Balaban J connectivity index is 0.000000130. The summed E-state index contributed by atoms with van der Waals surface area (Å²) in [4.78, 5) is 30.8. The van der Waals surface area contributed by atoms with Crippen LogP contribution in [-0.2, 0) is 0 Å². The molecule has 6 rings (SSSR count). The van der Waals surface area contributed by atoms with E-state index in [1.54, 1.807) is 48.5 Å². The van der Waals surface area contributed by atoms with E-state index < -0.39 is 0 Å². The van der Waals surface area contributed by atoms with Gasteiger partial charge in [0, 0.05) is 40.2 Å². The van der Waals surface area contributed by atoms with Gasteiger partial charge in [0.05, 0.1) is 17.3 Å². The van der Waals surface area contributed by atoms with E-state index in [-0.39, 0.29) is 11.6 Å². The van der Waals surface area contributed by atoms with Crippen molar-refractivity contribution in [3.05, 3.63) is 130 Å². The molecule has 30 heavy (non-hydrogen) atoms. The van der Waals surface area contributed by atoms with Crippen LogP contribution in [0.3, 0.4) is 0 Å². The van der Waals surface area contributed by atoms with Crippen LogP contribution in [0.4, 0.5) is 0 Å². The van der Waals surface area contributed by atoms with Gasteiger partial charge in [0.15, 0.2) is 11.6 Å². The number of hydrogen-bond acceptors (Lipinski definition) is 4. The quantitative estimate of drug-likeness (QED) is 0.463. The first kappa shape index (κ1) is 18.0. The Morgan fingerprint density at radius 2 is 1.23 bits per heavy atom. The van der Waals surface area contributed by atoms with Gasteiger partial charge in [-0.1, -0.05) is 72.8 Å². The fraction of sp³-hybridized carbons (Fsp3) is 0.0385. The Morgan fingerprint density at radius 3 is 1.83 bits per heavy atom. The van der Waals surface area contributed by atoms with Crippen LogP contribution in [0.15, 0.2) is 102 Å². The standard InChI is InChI=1S/C14H8O2.C12H10N2/c15-13-9-5-1-2-6-10(9)14(16)12-8-4-3-7-11(12)13;1-2-6-12-10(4-1)9-14-7-3-5-11(14)8-13-12/h1-8H;1-6,8-9H,7H2. The molecule has 0 saturated heterocycles. The van der Waals surface area contributed by atoms with Crippen molar-refractivity contribution in [2.45, 2.75) is 0 Å². The van der Waals surface area contributed by atoms with E-state index >= 15 is 0 Å². The Morgan fingerprint density at radius 1 is 0.700 bits per heavy atom. The molecular weight excluding hydrogens is 372 g/mol. The van der Waals surface area contributed by atoms with Crippen molar-refractivity contribution < 1.29 is 9.59 Å². The molecule has 0 N–H and O–H groups in total. The molecule has 0 atom stereocenters. The SMILES string of the molecule is C1=CC2=CN=c3ccccc3=CN2C1.O=C1c2ccccc2C(=O)c2ccccc21. The minimum Gasteiger partial charge on any atom is -0.342 e. The normalized spacial score (nSPS) is 15.2.